The summed E-state index contributed by atoms with van der Waals surface area (Å²) >= 11 is 0. The van der Waals surface area contributed by atoms with Crippen molar-refractivity contribution in [3.8, 4) is 5.75 Å². The predicted molar refractivity (Wildman–Crippen MR) is 83.6 cm³/mol. The van der Waals surface area contributed by atoms with Crippen LogP contribution < -0.4 is 0 Å². The van der Waals surface area contributed by atoms with E-state index in [1.165, 1.54) is 49.7 Å². The average Bonchev–Trinajstić information content (AvgIpc) is 2.96. The molecule has 2 heteroatoms. The molecule has 0 spiro atoms. The molecule has 0 radical (unpaired) electrons. The van der Waals surface area contributed by atoms with Gasteiger partial charge in [0, 0.05) is 13.0 Å². The number of hydrogen-bond acceptors (Lipinski definition) is 2. The van der Waals surface area contributed by atoms with Crippen molar-refractivity contribution in [3.05, 3.63) is 29.3 Å². The van der Waals surface area contributed by atoms with Crippen molar-refractivity contribution < 1.29 is 9.84 Å². The zero-order valence-electron chi connectivity index (χ0n) is 12.9. The van der Waals surface area contributed by atoms with Gasteiger partial charge in [0.15, 0.2) is 0 Å². The Kier molecular flexibility index (Phi) is 3.45. The smallest absolute Gasteiger partial charge is 0.115 e. The van der Waals surface area contributed by atoms with Gasteiger partial charge in [0.25, 0.3) is 0 Å². The van der Waals surface area contributed by atoms with E-state index in [0.29, 0.717) is 11.7 Å². The largest absolute Gasteiger partial charge is 0.508 e. The first-order valence-corrected chi connectivity index (χ1v) is 8.59. The summed E-state index contributed by atoms with van der Waals surface area (Å²) in [4.78, 5) is 0. The Morgan fingerprint density at radius 1 is 1.10 bits per heavy atom. The molecule has 2 saturated carbocycles. The minimum Gasteiger partial charge on any atom is -0.508 e. The SMILES string of the molecule is COC[C@@H]1C[C@@H]2[C@H](CCC3CCC[C@@H]32)c2ccc(O)cc21. The molecule has 0 aromatic heterocycles. The molecule has 21 heavy (non-hydrogen) atoms. The van der Waals surface area contributed by atoms with Crippen LogP contribution in [0.5, 0.6) is 5.75 Å². The van der Waals surface area contributed by atoms with Crippen LogP contribution in [0.1, 0.15) is 61.5 Å². The van der Waals surface area contributed by atoms with Crippen molar-refractivity contribution in [2.75, 3.05) is 13.7 Å². The fourth-order valence-corrected chi connectivity index (χ4v) is 5.69. The first-order valence-electron chi connectivity index (χ1n) is 8.59. The van der Waals surface area contributed by atoms with Crippen LogP contribution in [0.25, 0.3) is 0 Å². The molecule has 3 aliphatic rings. The summed E-state index contributed by atoms with van der Waals surface area (Å²) in [7, 11) is 1.80. The number of phenolic OH excluding ortho intramolecular Hbond substituents is 1. The van der Waals surface area contributed by atoms with Gasteiger partial charge in [0.1, 0.15) is 5.75 Å². The molecule has 0 saturated heterocycles. The maximum absolute atomic E-state index is 9.88. The van der Waals surface area contributed by atoms with Gasteiger partial charge in [-0.3, -0.25) is 0 Å². The highest BCUT2D eigenvalue weighted by atomic mass is 16.5. The second kappa shape index (κ2) is 5.31. The molecule has 1 N–H and O–H groups in total. The van der Waals surface area contributed by atoms with Gasteiger partial charge in [-0.2, -0.15) is 0 Å². The minimum atomic E-state index is 0.405. The molecule has 0 aliphatic heterocycles. The first-order chi connectivity index (χ1) is 10.3. The number of ether oxygens (including phenoxy) is 1. The van der Waals surface area contributed by atoms with Gasteiger partial charge in [0.05, 0.1) is 6.61 Å². The molecule has 114 valence electrons. The quantitative estimate of drug-likeness (QED) is 0.871. The van der Waals surface area contributed by atoms with Crippen molar-refractivity contribution in [2.45, 2.75) is 50.4 Å². The van der Waals surface area contributed by atoms with Gasteiger partial charge in [0.2, 0.25) is 0 Å². The first kappa shape index (κ1) is 13.6. The van der Waals surface area contributed by atoms with Crippen LogP contribution >= 0.6 is 0 Å². The summed E-state index contributed by atoms with van der Waals surface area (Å²) in [6, 6.07) is 6.07. The molecule has 0 bridgehead atoms. The van der Waals surface area contributed by atoms with Crippen LogP contribution in [0.3, 0.4) is 0 Å². The van der Waals surface area contributed by atoms with Crippen molar-refractivity contribution in [1.82, 2.24) is 0 Å². The van der Waals surface area contributed by atoms with Crippen LogP contribution in [-0.4, -0.2) is 18.8 Å². The van der Waals surface area contributed by atoms with Gasteiger partial charge < -0.3 is 9.84 Å². The average molecular weight is 286 g/mol. The number of phenols is 1. The number of hydrogen-bond donors (Lipinski definition) is 1. The molecule has 0 heterocycles. The Bertz CT molecular complexity index is 524. The second-order valence-corrected chi connectivity index (χ2v) is 7.40. The Hall–Kier alpha value is -1.02. The normalized spacial score (nSPS) is 37.7. The molecule has 1 unspecified atom stereocenters. The molecular weight excluding hydrogens is 260 g/mol. The van der Waals surface area contributed by atoms with E-state index in [1.807, 2.05) is 12.1 Å². The zero-order chi connectivity index (χ0) is 14.4. The third-order valence-electron chi connectivity index (χ3n) is 6.47. The van der Waals surface area contributed by atoms with E-state index in [-0.39, 0.29) is 0 Å². The second-order valence-electron chi connectivity index (χ2n) is 7.40. The lowest BCUT2D eigenvalue weighted by Gasteiger charge is -2.46. The van der Waals surface area contributed by atoms with Crippen LogP contribution in [-0.2, 0) is 4.74 Å². The van der Waals surface area contributed by atoms with E-state index < -0.39 is 0 Å². The standard InChI is InChI=1S/C19H26O2/c1-21-11-13-9-19-15-4-2-3-12(15)5-7-17(19)16-8-6-14(20)10-18(13)16/h6,8,10,12-13,15,17,19-20H,2-5,7,9,11H2,1H3/t12?,13-,15-,17+,19-/m0/s1. The topological polar surface area (TPSA) is 29.5 Å². The van der Waals surface area contributed by atoms with Crippen molar-refractivity contribution in [2.24, 2.45) is 17.8 Å². The van der Waals surface area contributed by atoms with E-state index in [0.717, 1.165) is 30.3 Å². The van der Waals surface area contributed by atoms with Gasteiger partial charge in [-0.15, -0.1) is 0 Å². The summed E-state index contributed by atoms with van der Waals surface area (Å²) in [6.07, 6.45) is 8.38. The number of methoxy groups -OCH3 is 1. The highest BCUT2D eigenvalue weighted by Gasteiger charge is 2.46. The fourth-order valence-electron chi connectivity index (χ4n) is 5.69. The molecular formula is C19H26O2. The summed E-state index contributed by atoms with van der Waals surface area (Å²) in [5.41, 5.74) is 2.87. The lowest BCUT2D eigenvalue weighted by atomic mass is 9.59. The third-order valence-corrected chi connectivity index (χ3v) is 6.47. The van der Waals surface area contributed by atoms with Crippen molar-refractivity contribution in [3.63, 3.8) is 0 Å². The van der Waals surface area contributed by atoms with E-state index in [4.69, 9.17) is 4.74 Å². The third kappa shape index (κ3) is 2.19. The number of aromatic hydroxyl groups is 1. The van der Waals surface area contributed by atoms with Crippen LogP contribution in [0, 0.1) is 17.8 Å². The lowest BCUT2D eigenvalue weighted by Crippen LogP contribution is -2.36. The molecule has 1 aromatic carbocycles. The Morgan fingerprint density at radius 3 is 2.86 bits per heavy atom. The molecule has 0 amide bonds. The Balaban J connectivity index is 1.73. The molecule has 3 aliphatic carbocycles. The molecule has 4 rings (SSSR count). The summed E-state index contributed by atoms with van der Waals surface area (Å²) < 4.78 is 5.49. The maximum atomic E-state index is 9.88. The summed E-state index contributed by atoms with van der Waals surface area (Å²) in [5, 5.41) is 9.88. The zero-order valence-corrected chi connectivity index (χ0v) is 12.9. The maximum Gasteiger partial charge on any atom is 0.115 e. The molecule has 5 atom stereocenters. The van der Waals surface area contributed by atoms with Crippen molar-refractivity contribution >= 4 is 0 Å². The number of rotatable bonds is 2. The molecule has 2 nitrogen and oxygen atoms in total. The Morgan fingerprint density at radius 2 is 2.00 bits per heavy atom. The fraction of sp³-hybridized carbons (Fsp3) is 0.684. The highest BCUT2D eigenvalue weighted by molar-refractivity contribution is 5.42. The van der Waals surface area contributed by atoms with Gasteiger partial charge in [-0.25, -0.2) is 0 Å². The molecule has 2 fully saturated rings. The van der Waals surface area contributed by atoms with Gasteiger partial charge in [-0.05, 0) is 72.6 Å². The Labute approximate surface area is 127 Å². The van der Waals surface area contributed by atoms with E-state index in [2.05, 4.69) is 6.07 Å². The van der Waals surface area contributed by atoms with Crippen LogP contribution in [0.2, 0.25) is 0 Å². The predicted octanol–water partition coefficient (Wildman–Crippen LogP) is 4.44. The van der Waals surface area contributed by atoms with Gasteiger partial charge in [-0.1, -0.05) is 18.9 Å². The summed E-state index contributed by atoms with van der Waals surface area (Å²) in [5.74, 6) is 4.40. The van der Waals surface area contributed by atoms with Gasteiger partial charge >= 0.3 is 0 Å². The monoisotopic (exact) mass is 286 g/mol. The van der Waals surface area contributed by atoms with Crippen molar-refractivity contribution in [1.29, 1.82) is 0 Å². The van der Waals surface area contributed by atoms with Crippen LogP contribution in [0.15, 0.2) is 18.2 Å². The van der Waals surface area contributed by atoms with E-state index >= 15 is 0 Å². The molecule has 1 aromatic rings. The number of fused-ring (bicyclic) bond motifs is 5. The highest BCUT2D eigenvalue weighted by Crippen LogP contribution is 2.57. The van der Waals surface area contributed by atoms with E-state index in [1.54, 1.807) is 7.11 Å². The lowest BCUT2D eigenvalue weighted by molar-refractivity contribution is 0.0990. The minimum absolute atomic E-state index is 0.405. The summed E-state index contributed by atoms with van der Waals surface area (Å²) in [6.45, 7) is 0.789. The van der Waals surface area contributed by atoms with E-state index in [9.17, 15) is 5.11 Å². The number of benzene rings is 1. The van der Waals surface area contributed by atoms with Crippen LogP contribution in [0.4, 0.5) is 0 Å².